The van der Waals surface area contributed by atoms with Gasteiger partial charge >= 0.3 is 5.97 Å². The molecule has 0 heterocycles. The maximum Gasteiger partial charge on any atom is 0.331 e. The summed E-state index contributed by atoms with van der Waals surface area (Å²) in [6.45, 7) is 7.05. The molecule has 0 unspecified atom stereocenters. The lowest BCUT2D eigenvalue weighted by atomic mass is 10.1. The Balaban J connectivity index is 2.66. The molecule has 120 valence electrons. The van der Waals surface area contributed by atoms with E-state index in [1.807, 2.05) is 20.8 Å². The standard InChI is InChI=1S/C16H19Cl2NO3/c1-10(15(21)19-16(2,3)4)22-14(20)9-8-11-12(17)6-5-7-13(11)18/h5-10H,1-4H3,(H,19,21)/b9-8+/t10-/m0/s1. The van der Waals surface area contributed by atoms with Crippen LogP contribution in [-0.2, 0) is 14.3 Å². The van der Waals surface area contributed by atoms with E-state index < -0.39 is 17.6 Å². The van der Waals surface area contributed by atoms with Crippen molar-refractivity contribution in [2.45, 2.75) is 39.3 Å². The van der Waals surface area contributed by atoms with Crippen LogP contribution >= 0.6 is 23.2 Å². The minimum absolute atomic E-state index is 0.356. The number of carbonyl (C=O) groups excluding carboxylic acids is 2. The molecule has 1 N–H and O–H groups in total. The van der Waals surface area contributed by atoms with Crippen molar-refractivity contribution >= 4 is 41.2 Å². The van der Waals surface area contributed by atoms with Crippen LogP contribution in [0.3, 0.4) is 0 Å². The Kier molecular flexibility index (Phi) is 6.45. The summed E-state index contributed by atoms with van der Waals surface area (Å²) in [7, 11) is 0. The summed E-state index contributed by atoms with van der Waals surface area (Å²) in [6.07, 6.45) is 1.76. The second kappa shape index (κ2) is 7.65. The van der Waals surface area contributed by atoms with E-state index in [9.17, 15) is 9.59 Å². The first-order valence-electron chi connectivity index (χ1n) is 6.75. The van der Waals surface area contributed by atoms with E-state index in [2.05, 4.69) is 5.32 Å². The van der Waals surface area contributed by atoms with Crippen LogP contribution in [0.5, 0.6) is 0 Å². The second-order valence-corrected chi connectivity index (χ2v) is 6.60. The third-order valence-electron chi connectivity index (χ3n) is 2.55. The lowest BCUT2D eigenvalue weighted by Gasteiger charge is -2.22. The highest BCUT2D eigenvalue weighted by Gasteiger charge is 2.21. The van der Waals surface area contributed by atoms with Gasteiger partial charge in [-0.15, -0.1) is 0 Å². The number of halogens is 2. The first kappa shape index (κ1) is 18.5. The minimum Gasteiger partial charge on any atom is -0.449 e. The van der Waals surface area contributed by atoms with Crippen LogP contribution in [0.4, 0.5) is 0 Å². The topological polar surface area (TPSA) is 55.4 Å². The molecule has 1 aromatic rings. The molecule has 22 heavy (non-hydrogen) atoms. The Labute approximate surface area is 140 Å². The molecule has 0 aromatic heterocycles. The van der Waals surface area contributed by atoms with Gasteiger partial charge in [0.05, 0.1) is 0 Å². The molecular formula is C16H19Cl2NO3. The summed E-state index contributed by atoms with van der Waals surface area (Å²) in [4.78, 5) is 23.6. The molecular weight excluding hydrogens is 325 g/mol. The molecule has 1 aromatic carbocycles. The van der Waals surface area contributed by atoms with E-state index in [0.717, 1.165) is 0 Å². The van der Waals surface area contributed by atoms with Gasteiger partial charge in [-0.25, -0.2) is 4.79 Å². The lowest BCUT2D eigenvalue weighted by molar-refractivity contribution is -0.150. The monoisotopic (exact) mass is 343 g/mol. The molecule has 0 spiro atoms. The number of esters is 1. The third kappa shape index (κ3) is 6.08. The van der Waals surface area contributed by atoms with Gasteiger partial charge in [-0.3, -0.25) is 4.79 Å². The summed E-state index contributed by atoms with van der Waals surface area (Å²) in [5.74, 6) is -1.00. The van der Waals surface area contributed by atoms with Crippen molar-refractivity contribution in [3.8, 4) is 0 Å². The average Bonchev–Trinajstić information content (AvgIpc) is 2.36. The van der Waals surface area contributed by atoms with E-state index in [0.29, 0.717) is 15.6 Å². The van der Waals surface area contributed by atoms with Gasteiger partial charge in [0.25, 0.3) is 5.91 Å². The molecule has 1 amide bonds. The van der Waals surface area contributed by atoms with Crippen molar-refractivity contribution < 1.29 is 14.3 Å². The normalized spacial score (nSPS) is 13.0. The number of amides is 1. The lowest BCUT2D eigenvalue weighted by Crippen LogP contribution is -2.46. The van der Waals surface area contributed by atoms with Crippen LogP contribution < -0.4 is 5.32 Å². The molecule has 4 nitrogen and oxygen atoms in total. The second-order valence-electron chi connectivity index (χ2n) is 5.79. The largest absolute Gasteiger partial charge is 0.449 e. The van der Waals surface area contributed by atoms with Crippen LogP contribution in [0.2, 0.25) is 10.0 Å². The Morgan fingerprint density at radius 3 is 2.27 bits per heavy atom. The van der Waals surface area contributed by atoms with Gasteiger partial charge in [0, 0.05) is 27.2 Å². The zero-order valence-corrected chi connectivity index (χ0v) is 14.5. The highest BCUT2D eigenvalue weighted by atomic mass is 35.5. The summed E-state index contributed by atoms with van der Waals surface area (Å²) >= 11 is 12.0. The predicted molar refractivity (Wildman–Crippen MR) is 88.9 cm³/mol. The highest BCUT2D eigenvalue weighted by Crippen LogP contribution is 2.25. The van der Waals surface area contributed by atoms with Gasteiger partial charge in [0.2, 0.25) is 0 Å². The molecule has 0 aliphatic rings. The smallest absolute Gasteiger partial charge is 0.331 e. The maximum atomic E-state index is 11.8. The van der Waals surface area contributed by atoms with Crippen molar-refractivity contribution in [3.05, 3.63) is 39.9 Å². The first-order chi connectivity index (χ1) is 10.1. The molecule has 0 radical (unpaired) electrons. The zero-order valence-electron chi connectivity index (χ0n) is 12.9. The molecule has 0 aliphatic carbocycles. The van der Waals surface area contributed by atoms with Crippen LogP contribution in [0.15, 0.2) is 24.3 Å². The fourth-order valence-electron chi connectivity index (χ4n) is 1.56. The van der Waals surface area contributed by atoms with Gasteiger partial charge in [-0.2, -0.15) is 0 Å². The van der Waals surface area contributed by atoms with Crippen molar-refractivity contribution in [2.24, 2.45) is 0 Å². The van der Waals surface area contributed by atoms with Crippen LogP contribution in [0.25, 0.3) is 6.08 Å². The molecule has 1 atom stereocenters. The number of rotatable bonds is 4. The van der Waals surface area contributed by atoms with Gasteiger partial charge in [0.1, 0.15) is 0 Å². The third-order valence-corrected chi connectivity index (χ3v) is 3.21. The van der Waals surface area contributed by atoms with Gasteiger partial charge in [-0.05, 0) is 45.9 Å². The van der Waals surface area contributed by atoms with Crippen LogP contribution in [0, 0.1) is 0 Å². The summed E-state index contributed by atoms with van der Waals surface area (Å²) in [6, 6.07) is 5.04. The Morgan fingerprint density at radius 2 is 1.77 bits per heavy atom. The molecule has 0 fully saturated rings. The van der Waals surface area contributed by atoms with Gasteiger partial charge in [-0.1, -0.05) is 29.3 Å². The Hall–Kier alpha value is -1.52. The maximum absolute atomic E-state index is 11.8. The zero-order chi connectivity index (χ0) is 16.9. The van der Waals surface area contributed by atoms with E-state index in [4.69, 9.17) is 27.9 Å². The summed E-state index contributed by atoms with van der Waals surface area (Å²) in [5, 5.41) is 3.59. The fraction of sp³-hybridized carbons (Fsp3) is 0.375. The molecule has 0 aliphatic heterocycles. The average molecular weight is 344 g/mol. The number of hydrogen-bond donors (Lipinski definition) is 1. The molecule has 0 saturated carbocycles. The summed E-state index contributed by atoms with van der Waals surface area (Å²) in [5.41, 5.74) is 0.133. The van der Waals surface area contributed by atoms with Crippen LogP contribution in [0.1, 0.15) is 33.3 Å². The number of benzene rings is 1. The van der Waals surface area contributed by atoms with Crippen LogP contribution in [-0.4, -0.2) is 23.5 Å². The van der Waals surface area contributed by atoms with Crippen molar-refractivity contribution in [1.29, 1.82) is 0 Å². The Morgan fingerprint density at radius 1 is 1.23 bits per heavy atom. The summed E-state index contributed by atoms with van der Waals surface area (Å²) < 4.78 is 5.04. The van der Waals surface area contributed by atoms with E-state index in [1.54, 1.807) is 18.2 Å². The van der Waals surface area contributed by atoms with Crippen molar-refractivity contribution in [2.75, 3.05) is 0 Å². The van der Waals surface area contributed by atoms with Crippen molar-refractivity contribution in [1.82, 2.24) is 5.32 Å². The molecule has 0 bridgehead atoms. The van der Waals surface area contributed by atoms with Crippen molar-refractivity contribution in [3.63, 3.8) is 0 Å². The van der Waals surface area contributed by atoms with E-state index in [-0.39, 0.29) is 5.91 Å². The molecule has 1 rings (SSSR count). The SMILES string of the molecule is C[C@H](OC(=O)/C=C/c1c(Cl)cccc1Cl)C(=O)NC(C)(C)C. The number of carbonyl (C=O) groups is 2. The number of ether oxygens (including phenoxy) is 1. The van der Waals surface area contributed by atoms with Gasteiger partial charge < -0.3 is 10.1 Å². The van der Waals surface area contributed by atoms with E-state index >= 15 is 0 Å². The highest BCUT2D eigenvalue weighted by molar-refractivity contribution is 6.37. The molecule has 0 saturated heterocycles. The minimum atomic E-state index is -0.891. The number of hydrogen-bond acceptors (Lipinski definition) is 3. The Bertz CT molecular complexity index is 571. The first-order valence-corrected chi connectivity index (χ1v) is 7.50. The van der Waals surface area contributed by atoms with E-state index in [1.165, 1.54) is 19.1 Å². The quantitative estimate of drug-likeness (QED) is 0.667. The molecule has 6 heteroatoms. The number of nitrogens with one attached hydrogen (secondary N) is 1. The van der Waals surface area contributed by atoms with Gasteiger partial charge in [0.15, 0.2) is 6.10 Å². The fourth-order valence-corrected chi connectivity index (χ4v) is 2.08. The predicted octanol–water partition coefficient (Wildman–Crippen LogP) is 3.85.